The van der Waals surface area contributed by atoms with E-state index in [1.165, 1.54) is 6.07 Å². The van der Waals surface area contributed by atoms with E-state index in [-0.39, 0.29) is 12.3 Å². The van der Waals surface area contributed by atoms with E-state index in [1.807, 2.05) is 12.1 Å². The molecule has 0 saturated heterocycles. The van der Waals surface area contributed by atoms with E-state index in [1.54, 1.807) is 12.1 Å². The first kappa shape index (κ1) is 15.0. The standard InChI is InChI=1S/C16H16F2N2O/c17-14-6-3-12(9-15(14)18)10-16(21)20-8-7-11-1-4-13(19)5-2-11/h1-6,9H,7-8,10,19H2,(H,20,21). The second-order valence-electron chi connectivity index (χ2n) is 4.77. The number of amides is 1. The molecule has 3 N–H and O–H groups in total. The third kappa shape index (κ3) is 4.56. The van der Waals surface area contributed by atoms with Crippen LogP contribution in [0.1, 0.15) is 11.1 Å². The molecule has 2 aromatic rings. The lowest BCUT2D eigenvalue weighted by Gasteiger charge is -2.06. The Morgan fingerprint density at radius 1 is 1.00 bits per heavy atom. The van der Waals surface area contributed by atoms with Crippen LogP contribution in [-0.4, -0.2) is 12.5 Å². The van der Waals surface area contributed by atoms with Crippen molar-refractivity contribution >= 4 is 11.6 Å². The maximum absolute atomic E-state index is 13.0. The van der Waals surface area contributed by atoms with E-state index in [0.717, 1.165) is 17.7 Å². The monoisotopic (exact) mass is 290 g/mol. The Balaban J connectivity index is 1.79. The molecule has 110 valence electrons. The number of hydrogen-bond acceptors (Lipinski definition) is 2. The van der Waals surface area contributed by atoms with Crippen LogP contribution in [0.2, 0.25) is 0 Å². The number of nitrogens with one attached hydrogen (secondary N) is 1. The molecule has 0 heterocycles. The Labute approximate surface area is 121 Å². The third-order valence-electron chi connectivity index (χ3n) is 3.06. The van der Waals surface area contributed by atoms with Crippen molar-refractivity contribution in [2.75, 3.05) is 12.3 Å². The number of rotatable bonds is 5. The summed E-state index contributed by atoms with van der Waals surface area (Å²) in [5, 5.41) is 2.74. The van der Waals surface area contributed by atoms with Crippen LogP contribution < -0.4 is 11.1 Å². The van der Waals surface area contributed by atoms with Crippen LogP contribution in [0.4, 0.5) is 14.5 Å². The smallest absolute Gasteiger partial charge is 0.224 e. The molecular formula is C16H16F2N2O. The summed E-state index contributed by atoms with van der Waals surface area (Å²) in [7, 11) is 0. The normalized spacial score (nSPS) is 10.4. The Kier molecular flexibility index (Phi) is 4.87. The first-order chi connectivity index (χ1) is 10.0. The molecule has 5 heteroatoms. The van der Waals surface area contributed by atoms with Crippen molar-refractivity contribution in [2.45, 2.75) is 12.8 Å². The maximum atomic E-state index is 13.0. The first-order valence-electron chi connectivity index (χ1n) is 6.59. The fraction of sp³-hybridized carbons (Fsp3) is 0.188. The SMILES string of the molecule is Nc1ccc(CCNC(=O)Cc2ccc(F)c(F)c2)cc1. The second-order valence-corrected chi connectivity index (χ2v) is 4.77. The van der Waals surface area contributed by atoms with Gasteiger partial charge in [-0.15, -0.1) is 0 Å². The third-order valence-corrected chi connectivity index (χ3v) is 3.06. The molecule has 0 bridgehead atoms. The van der Waals surface area contributed by atoms with Gasteiger partial charge in [-0.3, -0.25) is 4.79 Å². The van der Waals surface area contributed by atoms with E-state index >= 15 is 0 Å². The molecule has 21 heavy (non-hydrogen) atoms. The van der Waals surface area contributed by atoms with Crippen LogP contribution in [0, 0.1) is 11.6 Å². The molecule has 2 aromatic carbocycles. The van der Waals surface area contributed by atoms with Gasteiger partial charge in [-0.2, -0.15) is 0 Å². The molecule has 0 unspecified atom stereocenters. The summed E-state index contributed by atoms with van der Waals surface area (Å²) in [6.07, 6.45) is 0.711. The summed E-state index contributed by atoms with van der Waals surface area (Å²) in [4.78, 5) is 11.7. The van der Waals surface area contributed by atoms with E-state index < -0.39 is 11.6 Å². The molecule has 0 aliphatic carbocycles. The Morgan fingerprint density at radius 3 is 2.33 bits per heavy atom. The second kappa shape index (κ2) is 6.83. The first-order valence-corrected chi connectivity index (χ1v) is 6.59. The van der Waals surface area contributed by atoms with Crippen LogP contribution >= 0.6 is 0 Å². The fourth-order valence-corrected chi connectivity index (χ4v) is 1.93. The van der Waals surface area contributed by atoms with E-state index in [4.69, 9.17) is 5.73 Å². The lowest BCUT2D eigenvalue weighted by Crippen LogP contribution is -2.27. The van der Waals surface area contributed by atoms with Gasteiger partial charge in [-0.25, -0.2) is 8.78 Å². The molecule has 0 fully saturated rings. The van der Waals surface area contributed by atoms with Gasteiger partial charge in [0.25, 0.3) is 0 Å². The number of nitrogens with two attached hydrogens (primary N) is 1. The van der Waals surface area contributed by atoms with Gasteiger partial charge in [0, 0.05) is 12.2 Å². The summed E-state index contributed by atoms with van der Waals surface area (Å²) in [5.74, 6) is -2.08. The quantitative estimate of drug-likeness (QED) is 0.831. The van der Waals surface area contributed by atoms with E-state index in [0.29, 0.717) is 24.2 Å². The van der Waals surface area contributed by atoms with Crippen LogP contribution in [-0.2, 0) is 17.6 Å². The van der Waals surface area contributed by atoms with E-state index in [2.05, 4.69) is 5.32 Å². The number of halogens is 2. The minimum absolute atomic E-state index is 0.0267. The van der Waals surface area contributed by atoms with Crippen molar-refractivity contribution in [3.8, 4) is 0 Å². The van der Waals surface area contributed by atoms with Crippen molar-refractivity contribution in [1.29, 1.82) is 0 Å². The van der Waals surface area contributed by atoms with Gasteiger partial charge in [-0.1, -0.05) is 18.2 Å². The molecule has 0 aromatic heterocycles. The van der Waals surface area contributed by atoms with Crippen molar-refractivity contribution in [1.82, 2.24) is 5.32 Å². The fourth-order valence-electron chi connectivity index (χ4n) is 1.93. The number of carbonyl (C=O) groups is 1. The zero-order chi connectivity index (χ0) is 15.2. The van der Waals surface area contributed by atoms with Crippen molar-refractivity contribution in [3.05, 3.63) is 65.2 Å². The number of nitrogen functional groups attached to an aromatic ring is 1. The molecule has 0 atom stereocenters. The average Bonchev–Trinajstić information content (AvgIpc) is 2.45. The Hall–Kier alpha value is -2.43. The molecule has 0 saturated carbocycles. The number of benzene rings is 2. The highest BCUT2D eigenvalue weighted by atomic mass is 19.2. The summed E-state index contributed by atoms with van der Waals surface area (Å²) in [6.45, 7) is 0.479. The molecule has 3 nitrogen and oxygen atoms in total. The topological polar surface area (TPSA) is 55.1 Å². The zero-order valence-electron chi connectivity index (χ0n) is 11.4. The van der Waals surface area contributed by atoms with Gasteiger partial charge in [0.15, 0.2) is 11.6 Å². The number of hydrogen-bond donors (Lipinski definition) is 2. The van der Waals surface area contributed by atoms with Crippen LogP contribution in [0.25, 0.3) is 0 Å². The van der Waals surface area contributed by atoms with Crippen molar-refractivity contribution in [2.24, 2.45) is 0 Å². The Bertz CT molecular complexity index is 627. The zero-order valence-corrected chi connectivity index (χ0v) is 11.4. The van der Waals surface area contributed by atoms with Gasteiger partial charge in [0.1, 0.15) is 0 Å². The van der Waals surface area contributed by atoms with Crippen LogP contribution in [0.3, 0.4) is 0 Å². The molecular weight excluding hydrogens is 274 g/mol. The molecule has 0 aliphatic heterocycles. The highest BCUT2D eigenvalue weighted by Gasteiger charge is 2.07. The predicted octanol–water partition coefficient (Wildman–Crippen LogP) is 2.45. The van der Waals surface area contributed by atoms with E-state index in [9.17, 15) is 13.6 Å². The van der Waals surface area contributed by atoms with Gasteiger partial charge in [-0.05, 0) is 41.8 Å². The highest BCUT2D eigenvalue weighted by molar-refractivity contribution is 5.78. The lowest BCUT2D eigenvalue weighted by molar-refractivity contribution is -0.120. The molecule has 0 radical (unpaired) electrons. The summed E-state index contributed by atoms with van der Waals surface area (Å²) >= 11 is 0. The van der Waals surface area contributed by atoms with Gasteiger partial charge >= 0.3 is 0 Å². The van der Waals surface area contributed by atoms with Gasteiger partial charge in [0.2, 0.25) is 5.91 Å². The molecule has 1 amide bonds. The van der Waals surface area contributed by atoms with Crippen LogP contribution in [0.5, 0.6) is 0 Å². The van der Waals surface area contributed by atoms with Crippen LogP contribution in [0.15, 0.2) is 42.5 Å². The minimum Gasteiger partial charge on any atom is -0.399 e. The summed E-state index contributed by atoms with van der Waals surface area (Å²) < 4.78 is 25.8. The summed E-state index contributed by atoms with van der Waals surface area (Å²) in [5.41, 5.74) is 7.79. The largest absolute Gasteiger partial charge is 0.399 e. The average molecular weight is 290 g/mol. The van der Waals surface area contributed by atoms with Crippen molar-refractivity contribution in [3.63, 3.8) is 0 Å². The Morgan fingerprint density at radius 2 is 1.67 bits per heavy atom. The highest BCUT2D eigenvalue weighted by Crippen LogP contribution is 2.09. The maximum Gasteiger partial charge on any atom is 0.224 e. The summed E-state index contributed by atoms with van der Waals surface area (Å²) in [6, 6.07) is 10.9. The minimum atomic E-state index is -0.942. The van der Waals surface area contributed by atoms with Crippen molar-refractivity contribution < 1.29 is 13.6 Å². The van der Waals surface area contributed by atoms with Gasteiger partial charge < -0.3 is 11.1 Å². The molecule has 0 aliphatic rings. The number of carbonyl (C=O) groups excluding carboxylic acids is 1. The lowest BCUT2D eigenvalue weighted by atomic mass is 10.1. The van der Waals surface area contributed by atoms with Gasteiger partial charge in [0.05, 0.1) is 6.42 Å². The molecule has 0 spiro atoms. The predicted molar refractivity (Wildman–Crippen MR) is 77.6 cm³/mol. The molecule has 2 rings (SSSR count). The number of anilines is 1.